The van der Waals surface area contributed by atoms with E-state index in [0.29, 0.717) is 12.3 Å². The molecular weight excluding hydrogens is 348 g/mol. The fraction of sp³-hybridized carbons (Fsp3) is 0.167. The van der Waals surface area contributed by atoms with Crippen molar-refractivity contribution in [2.24, 2.45) is 0 Å². The molecule has 0 aliphatic heterocycles. The van der Waals surface area contributed by atoms with E-state index in [1.54, 1.807) is 24.4 Å². The molecule has 1 heterocycles. The minimum atomic E-state index is -0.188. The van der Waals surface area contributed by atoms with E-state index in [1.165, 1.54) is 0 Å². The second kappa shape index (κ2) is 9.38. The van der Waals surface area contributed by atoms with Gasteiger partial charge in [0, 0.05) is 17.3 Å². The number of benzene rings is 2. The molecular formula is C24H22N2O2. The van der Waals surface area contributed by atoms with Crippen LogP contribution in [0.25, 0.3) is 0 Å². The first-order chi connectivity index (χ1) is 13.7. The number of ether oxygens (including phenoxy) is 1. The Labute approximate surface area is 165 Å². The molecule has 1 atom stereocenters. The van der Waals surface area contributed by atoms with Crippen molar-refractivity contribution in [3.8, 4) is 17.6 Å². The Kier molecular flexibility index (Phi) is 6.43. The van der Waals surface area contributed by atoms with E-state index in [9.17, 15) is 4.79 Å². The van der Waals surface area contributed by atoms with Gasteiger partial charge >= 0.3 is 0 Å². The third-order valence-electron chi connectivity index (χ3n) is 4.17. The summed E-state index contributed by atoms with van der Waals surface area (Å²) >= 11 is 0. The number of carbonyl (C=O) groups is 1. The van der Waals surface area contributed by atoms with Gasteiger partial charge in [-0.3, -0.25) is 9.78 Å². The van der Waals surface area contributed by atoms with Gasteiger partial charge in [-0.25, -0.2) is 0 Å². The van der Waals surface area contributed by atoms with Crippen molar-refractivity contribution in [2.75, 3.05) is 6.61 Å². The van der Waals surface area contributed by atoms with Crippen molar-refractivity contribution in [3.05, 3.63) is 95.3 Å². The maximum absolute atomic E-state index is 12.2. The number of rotatable bonds is 5. The number of amides is 1. The van der Waals surface area contributed by atoms with Gasteiger partial charge < -0.3 is 10.1 Å². The van der Waals surface area contributed by atoms with E-state index in [1.807, 2.05) is 62.4 Å². The molecule has 1 N–H and O–H groups in total. The lowest BCUT2D eigenvalue weighted by Gasteiger charge is -2.14. The molecule has 0 fully saturated rings. The molecule has 0 aliphatic rings. The maximum atomic E-state index is 12.2. The van der Waals surface area contributed by atoms with Crippen LogP contribution in [-0.4, -0.2) is 17.5 Å². The smallest absolute Gasteiger partial charge is 0.270 e. The highest BCUT2D eigenvalue weighted by Crippen LogP contribution is 2.14. The molecule has 1 unspecified atom stereocenters. The largest absolute Gasteiger partial charge is 0.494 e. The van der Waals surface area contributed by atoms with Crippen molar-refractivity contribution in [2.45, 2.75) is 19.9 Å². The highest BCUT2D eigenvalue weighted by molar-refractivity contribution is 5.92. The zero-order valence-corrected chi connectivity index (χ0v) is 16.0. The van der Waals surface area contributed by atoms with E-state index in [0.717, 1.165) is 22.4 Å². The molecule has 0 aliphatic carbocycles. The van der Waals surface area contributed by atoms with Crippen LogP contribution in [0.1, 0.15) is 47.1 Å². The molecule has 0 saturated carbocycles. The lowest BCUT2D eigenvalue weighted by molar-refractivity contribution is 0.0935. The Balaban J connectivity index is 1.62. The van der Waals surface area contributed by atoms with Gasteiger partial charge in [0.2, 0.25) is 0 Å². The summed E-state index contributed by atoms with van der Waals surface area (Å²) in [5, 5.41) is 2.96. The molecule has 4 nitrogen and oxygen atoms in total. The molecule has 140 valence electrons. The van der Waals surface area contributed by atoms with Crippen molar-refractivity contribution < 1.29 is 9.53 Å². The van der Waals surface area contributed by atoms with E-state index in [4.69, 9.17) is 4.74 Å². The minimum Gasteiger partial charge on any atom is -0.494 e. The number of pyridine rings is 1. The Bertz CT molecular complexity index is 969. The average molecular weight is 370 g/mol. The highest BCUT2D eigenvalue weighted by Gasteiger charge is 2.11. The monoisotopic (exact) mass is 370 g/mol. The standard InChI is InChI=1S/C24H22N2O2/c1-3-28-22-15-11-20(12-16-22)8-7-19-9-13-21(14-10-19)18(2)26-24(27)23-6-4-5-17-25-23/h4-6,9-18H,3H2,1-2H3,(H,26,27). The zero-order chi connectivity index (χ0) is 19.8. The molecule has 0 radical (unpaired) electrons. The van der Waals surface area contributed by atoms with Gasteiger partial charge in [-0.2, -0.15) is 0 Å². The Morgan fingerprint density at radius 3 is 2.21 bits per heavy atom. The molecule has 3 aromatic rings. The summed E-state index contributed by atoms with van der Waals surface area (Å²) in [6.07, 6.45) is 1.61. The fourth-order valence-electron chi connectivity index (χ4n) is 2.65. The third-order valence-corrected chi connectivity index (χ3v) is 4.17. The number of nitrogens with one attached hydrogen (secondary N) is 1. The molecule has 28 heavy (non-hydrogen) atoms. The first-order valence-corrected chi connectivity index (χ1v) is 9.22. The molecule has 1 aromatic heterocycles. The van der Waals surface area contributed by atoms with E-state index >= 15 is 0 Å². The second-order valence-electron chi connectivity index (χ2n) is 6.24. The number of carbonyl (C=O) groups excluding carboxylic acids is 1. The molecule has 0 saturated heterocycles. The Hall–Kier alpha value is -3.58. The second-order valence-corrected chi connectivity index (χ2v) is 6.24. The highest BCUT2D eigenvalue weighted by atomic mass is 16.5. The maximum Gasteiger partial charge on any atom is 0.270 e. The summed E-state index contributed by atoms with van der Waals surface area (Å²) < 4.78 is 5.43. The van der Waals surface area contributed by atoms with E-state index in [2.05, 4.69) is 22.1 Å². The zero-order valence-electron chi connectivity index (χ0n) is 16.0. The van der Waals surface area contributed by atoms with Crippen molar-refractivity contribution >= 4 is 5.91 Å². The van der Waals surface area contributed by atoms with Crippen LogP contribution in [0.4, 0.5) is 0 Å². The molecule has 0 spiro atoms. The predicted octanol–water partition coefficient (Wildman–Crippen LogP) is 4.37. The molecule has 0 bridgehead atoms. The van der Waals surface area contributed by atoms with Crippen molar-refractivity contribution in [1.82, 2.24) is 10.3 Å². The summed E-state index contributed by atoms with van der Waals surface area (Å²) in [6, 6.07) is 20.8. The molecule has 4 heteroatoms. The summed E-state index contributed by atoms with van der Waals surface area (Å²) in [4.78, 5) is 16.3. The number of hydrogen-bond acceptors (Lipinski definition) is 3. The summed E-state index contributed by atoms with van der Waals surface area (Å²) in [6.45, 7) is 4.56. The number of nitrogens with zero attached hydrogens (tertiary/aromatic N) is 1. The lowest BCUT2D eigenvalue weighted by atomic mass is 10.1. The van der Waals surface area contributed by atoms with Gasteiger partial charge in [0.15, 0.2) is 0 Å². The topological polar surface area (TPSA) is 51.2 Å². The fourth-order valence-corrected chi connectivity index (χ4v) is 2.65. The van der Waals surface area contributed by atoms with Crippen LogP contribution in [0.3, 0.4) is 0 Å². The van der Waals surface area contributed by atoms with Crippen LogP contribution in [0.15, 0.2) is 72.9 Å². The molecule has 2 aromatic carbocycles. The van der Waals surface area contributed by atoms with Gasteiger partial charge in [0.05, 0.1) is 12.6 Å². The van der Waals surface area contributed by atoms with Crippen LogP contribution in [-0.2, 0) is 0 Å². The van der Waals surface area contributed by atoms with Crippen LogP contribution < -0.4 is 10.1 Å². The number of hydrogen-bond donors (Lipinski definition) is 1. The first-order valence-electron chi connectivity index (χ1n) is 9.22. The third kappa shape index (κ3) is 5.21. The number of aromatic nitrogens is 1. The Morgan fingerprint density at radius 1 is 1.00 bits per heavy atom. The van der Waals surface area contributed by atoms with Gasteiger partial charge in [0.1, 0.15) is 11.4 Å². The quantitative estimate of drug-likeness (QED) is 0.679. The SMILES string of the molecule is CCOc1ccc(C#Cc2ccc(C(C)NC(=O)c3ccccn3)cc2)cc1. The van der Waals surface area contributed by atoms with Gasteiger partial charge in [0.25, 0.3) is 5.91 Å². The van der Waals surface area contributed by atoms with Gasteiger partial charge in [-0.1, -0.05) is 30.0 Å². The van der Waals surface area contributed by atoms with Crippen LogP contribution in [0, 0.1) is 11.8 Å². The van der Waals surface area contributed by atoms with Crippen molar-refractivity contribution in [1.29, 1.82) is 0 Å². The van der Waals surface area contributed by atoms with Gasteiger partial charge in [-0.15, -0.1) is 0 Å². The van der Waals surface area contributed by atoms with E-state index in [-0.39, 0.29) is 11.9 Å². The van der Waals surface area contributed by atoms with Gasteiger partial charge in [-0.05, 0) is 67.9 Å². The van der Waals surface area contributed by atoms with E-state index < -0.39 is 0 Å². The summed E-state index contributed by atoms with van der Waals surface area (Å²) in [5.41, 5.74) is 3.27. The molecule has 3 rings (SSSR count). The average Bonchev–Trinajstić information content (AvgIpc) is 2.74. The summed E-state index contributed by atoms with van der Waals surface area (Å²) in [7, 11) is 0. The Morgan fingerprint density at radius 2 is 1.64 bits per heavy atom. The minimum absolute atomic E-state index is 0.123. The normalized spacial score (nSPS) is 11.1. The predicted molar refractivity (Wildman–Crippen MR) is 110 cm³/mol. The summed E-state index contributed by atoms with van der Waals surface area (Å²) in [5.74, 6) is 6.97. The molecule has 1 amide bonds. The van der Waals surface area contributed by atoms with Crippen LogP contribution >= 0.6 is 0 Å². The van der Waals surface area contributed by atoms with Crippen LogP contribution in [0.2, 0.25) is 0 Å². The first kappa shape index (κ1) is 19.2. The van der Waals surface area contributed by atoms with Crippen LogP contribution in [0.5, 0.6) is 5.75 Å². The van der Waals surface area contributed by atoms with Crippen molar-refractivity contribution in [3.63, 3.8) is 0 Å². The lowest BCUT2D eigenvalue weighted by Crippen LogP contribution is -2.27.